The molecular weight excluding hydrogens is 300 g/mol. The van der Waals surface area contributed by atoms with E-state index in [1.165, 1.54) is 0 Å². The molecule has 2 N–H and O–H groups in total. The summed E-state index contributed by atoms with van der Waals surface area (Å²) in [6.07, 6.45) is 0. The third kappa shape index (κ3) is 4.09. The molecule has 0 aromatic heterocycles. The molecule has 22 heavy (non-hydrogen) atoms. The van der Waals surface area contributed by atoms with E-state index in [1.54, 1.807) is 48.5 Å². The van der Waals surface area contributed by atoms with E-state index in [4.69, 9.17) is 11.6 Å². The second-order valence-electron chi connectivity index (χ2n) is 5.16. The molecule has 0 spiro atoms. The van der Waals surface area contributed by atoms with E-state index < -0.39 is 0 Å². The highest BCUT2D eigenvalue weighted by Gasteiger charge is 2.10. The Balaban J connectivity index is 2.04. The summed E-state index contributed by atoms with van der Waals surface area (Å²) < 4.78 is 0. The van der Waals surface area contributed by atoms with Crippen LogP contribution < -0.4 is 10.6 Å². The SMILES string of the molecule is CC(C)C(=O)Nc1ccc(NC(=O)c2ccccc2Cl)cc1. The van der Waals surface area contributed by atoms with Crippen molar-refractivity contribution in [3.8, 4) is 0 Å². The largest absolute Gasteiger partial charge is 0.326 e. The zero-order valence-electron chi connectivity index (χ0n) is 12.4. The lowest BCUT2D eigenvalue weighted by atomic mass is 10.2. The van der Waals surface area contributed by atoms with Crippen LogP contribution in [0.15, 0.2) is 48.5 Å². The maximum atomic E-state index is 12.1. The van der Waals surface area contributed by atoms with Gasteiger partial charge in [-0.25, -0.2) is 0 Å². The van der Waals surface area contributed by atoms with Crippen molar-refractivity contribution in [2.75, 3.05) is 10.6 Å². The first-order valence-electron chi connectivity index (χ1n) is 6.94. The number of hydrogen-bond donors (Lipinski definition) is 2. The van der Waals surface area contributed by atoms with Crippen LogP contribution in [0.25, 0.3) is 0 Å². The Kier molecular flexibility index (Phi) is 5.17. The van der Waals surface area contributed by atoms with E-state index in [-0.39, 0.29) is 17.7 Å². The van der Waals surface area contributed by atoms with E-state index in [2.05, 4.69) is 10.6 Å². The zero-order chi connectivity index (χ0) is 16.1. The molecule has 0 fully saturated rings. The van der Waals surface area contributed by atoms with Crippen LogP contribution >= 0.6 is 11.6 Å². The van der Waals surface area contributed by atoms with Crippen LogP contribution in [0.5, 0.6) is 0 Å². The molecule has 0 bridgehead atoms. The van der Waals surface area contributed by atoms with Crippen molar-refractivity contribution in [1.82, 2.24) is 0 Å². The minimum atomic E-state index is -0.274. The Bertz CT molecular complexity index is 681. The third-order valence-corrected chi connectivity index (χ3v) is 3.38. The van der Waals surface area contributed by atoms with E-state index in [0.29, 0.717) is 22.0 Å². The molecule has 2 aromatic rings. The molecule has 2 rings (SSSR count). The Hall–Kier alpha value is -2.33. The number of hydrogen-bond acceptors (Lipinski definition) is 2. The average Bonchev–Trinajstić information content (AvgIpc) is 2.49. The topological polar surface area (TPSA) is 58.2 Å². The van der Waals surface area contributed by atoms with Crippen molar-refractivity contribution in [1.29, 1.82) is 0 Å². The van der Waals surface area contributed by atoms with E-state index in [0.717, 1.165) is 0 Å². The van der Waals surface area contributed by atoms with E-state index in [1.807, 2.05) is 13.8 Å². The van der Waals surface area contributed by atoms with Gasteiger partial charge in [0.25, 0.3) is 5.91 Å². The molecule has 0 aliphatic heterocycles. The van der Waals surface area contributed by atoms with Gasteiger partial charge in [0.15, 0.2) is 0 Å². The first-order chi connectivity index (χ1) is 10.5. The van der Waals surface area contributed by atoms with Crippen molar-refractivity contribution in [2.24, 2.45) is 5.92 Å². The molecule has 2 aromatic carbocycles. The number of benzene rings is 2. The normalized spacial score (nSPS) is 10.4. The lowest BCUT2D eigenvalue weighted by Gasteiger charge is -2.10. The molecule has 2 amide bonds. The van der Waals surface area contributed by atoms with Gasteiger partial charge < -0.3 is 10.6 Å². The fraction of sp³-hybridized carbons (Fsp3) is 0.176. The van der Waals surface area contributed by atoms with Gasteiger partial charge in [-0.1, -0.05) is 37.6 Å². The van der Waals surface area contributed by atoms with E-state index in [9.17, 15) is 9.59 Å². The summed E-state index contributed by atoms with van der Waals surface area (Å²) in [5, 5.41) is 5.96. The summed E-state index contributed by atoms with van der Waals surface area (Å²) >= 11 is 5.99. The monoisotopic (exact) mass is 316 g/mol. The maximum absolute atomic E-state index is 12.1. The molecule has 0 unspecified atom stereocenters. The van der Waals surface area contributed by atoms with Crippen LogP contribution in [0.3, 0.4) is 0 Å². The number of nitrogens with one attached hydrogen (secondary N) is 2. The third-order valence-electron chi connectivity index (χ3n) is 3.05. The van der Waals surface area contributed by atoms with Gasteiger partial charge in [-0.2, -0.15) is 0 Å². The number of carbonyl (C=O) groups excluding carboxylic acids is 2. The highest BCUT2D eigenvalue weighted by molar-refractivity contribution is 6.34. The lowest BCUT2D eigenvalue weighted by Crippen LogP contribution is -2.17. The number of rotatable bonds is 4. The Morgan fingerprint density at radius 1 is 0.909 bits per heavy atom. The molecule has 4 nitrogen and oxygen atoms in total. The number of halogens is 1. The van der Waals surface area contributed by atoms with Crippen molar-refractivity contribution in [3.63, 3.8) is 0 Å². The standard InChI is InChI=1S/C17H17ClN2O2/c1-11(2)16(21)19-12-7-9-13(10-8-12)20-17(22)14-5-3-4-6-15(14)18/h3-11H,1-2H3,(H,19,21)(H,20,22). The van der Waals surface area contributed by atoms with Crippen LogP contribution in [-0.4, -0.2) is 11.8 Å². The molecular formula is C17H17ClN2O2. The Morgan fingerprint density at radius 2 is 1.45 bits per heavy atom. The molecule has 0 atom stereocenters. The second-order valence-corrected chi connectivity index (χ2v) is 5.56. The van der Waals surface area contributed by atoms with Gasteiger partial charge in [0.2, 0.25) is 5.91 Å². The molecule has 0 radical (unpaired) electrons. The minimum Gasteiger partial charge on any atom is -0.326 e. The quantitative estimate of drug-likeness (QED) is 0.888. The molecule has 0 saturated heterocycles. The molecule has 0 saturated carbocycles. The number of carbonyl (C=O) groups is 2. The Labute approximate surface area is 134 Å². The van der Waals surface area contributed by atoms with Crippen LogP contribution in [0.4, 0.5) is 11.4 Å². The van der Waals surface area contributed by atoms with Crippen LogP contribution in [0.1, 0.15) is 24.2 Å². The smallest absolute Gasteiger partial charge is 0.257 e. The van der Waals surface area contributed by atoms with Crippen molar-refractivity contribution in [2.45, 2.75) is 13.8 Å². The fourth-order valence-corrected chi connectivity index (χ4v) is 1.99. The summed E-state index contributed by atoms with van der Waals surface area (Å²) in [6.45, 7) is 3.65. The molecule has 5 heteroatoms. The molecule has 0 aliphatic rings. The van der Waals surface area contributed by atoms with Gasteiger partial charge in [-0.15, -0.1) is 0 Å². The van der Waals surface area contributed by atoms with Gasteiger partial charge in [-0.05, 0) is 36.4 Å². The lowest BCUT2D eigenvalue weighted by molar-refractivity contribution is -0.118. The highest BCUT2D eigenvalue weighted by Crippen LogP contribution is 2.19. The first-order valence-corrected chi connectivity index (χ1v) is 7.32. The van der Waals surface area contributed by atoms with Crippen LogP contribution in [-0.2, 0) is 4.79 Å². The average molecular weight is 317 g/mol. The zero-order valence-corrected chi connectivity index (χ0v) is 13.1. The van der Waals surface area contributed by atoms with Crippen molar-refractivity contribution >= 4 is 34.8 Å². The minimum absolute atomic E-state index is 0.0483. The summed E-state index contributed by atoms with van der Waals surface area (Å²) in [5.41, 5.74) is 1.74. The van der Waals surface area contributed by atoms with Gasteiger partial charge in [0.05, 0.1) is 10.6 Å². The summed E-state index contributed by atoms with van der Waals surface area (Å²) in [6, 6.07) is 13.8. The Morgan fingerprint density at radius 3 is 2.00 bits per heavy atom. The predicted molar refractivity (Wildman–Crippen MR) is 89.3 cm³/mol. The molecule has 0 aliphatic carbocycles. The van der Waals surface area contributed by atoms with Crippen LogP contribution in [0.2, 0.25) is 5.02 Å². The van der Waals surface area contributed by atoms with Gasteiger partial charge >= 0.3 is 0 Å². The summed E-state index contributed by atoms with van der Waals surface area (Å²) in [7, 11) is 0. The van der Waals surface area contributed by atoms with Crippen LogP contribution in [0, 0.1) is 5.92 Å². The molecule has 0 heterocycles. The second kappa shape index (κ2) is 7.09. The highest BCUT2D eigenvalue weighted by atomic mass is 35.5. The first kappa shape index (κ1) is 16.0. The van der Waals surface area contributed by atoms with Crippen molar-refractivity contribution < 1.29 is 9.59 Å². The summed E-state index contributed by atoms with van der Waals surface area (Å²) in [5.74, 6) is -0.406. The maximum Gasteiger partial charge on any atom is 0.257 e. The fourth-order valence-electron chi connectivity index (χ4n) is 1.77. The van der Waals surface area contributed by atoms with E-state index >= 15 is 0 Å². The molecule has 114 valence electrons. The van der Waals surface area contributed by atoms with Crippen molar-refractivity contribution in [3.05, 3.63) is 59.1 Å². The van der Waals surface area contributed by atoms with Gasteiger partial charge in [0.1, 0.15) is 0 Å². The summed E-state index contributed by atoms with van der Waals surface area (Å²) in [4.78, 5) is 23.7. The van der Waals surface area contributed by atoms with Gasteiger partial charge in [-0.3, -0.25) is 9.59 Å². The van der Waals surface area contributed by atoms with Gasteiger partial charge in [0, 0.05) is 17.3 Å². The predicted octanol–water partition coefficient (Wildman–Crippen LogP) is 4.19. The number of anilines is 2. The number of amides is 2.